The molecule has 3 aromatic rings. The molecule has 2 heterocycles. The molecule has 0 saturated carbocycles. The Labute approximate surface area is 197 Å². The van der Waals surface area contributed by atoms with Crippen molar-refractivity contribution in [2.24, 2.45) is 12.8 Å². The second-order valence-electron chi connectivity index (χ2n) is 8.80. The van der Waals surface area contributed by atoms with Gasteiger partial charge in [-0.05, 0) is 23.8 Å². The van der Waals surface area contributed by atoms with E-state index in [0.29, 0.717) is 23.0 Å². The maximum atomic E-state index is 13.0. The summed E-state index contributed by atoms with van der Waals surface area (Å²) >= 11 is 0. The number of hydrogen-bond donors (Lipinski definition) is 3. The van der Waals surface area contributed by atoms with Gasteiger partial charge in [0.25, 0.3) is 5.91 Å². The molecule has 3 rings (SSSR count). The van der Waals surface area contributed by atoms with Crippen LogP contribution in [0.1, 0.15) is 48.4 Å². The maximum absolute atomic E-state index is 13.0. The van der Waals surface area contributed by atoms with E-state index < -0.39 is 17.9 Å². The molecule has 0 aliphatic carbocycles. The molecule has 11 nitrogen and oxygen atoms in total. The average molecular weight is 465 g/mol. The summed E-state index contributed by atoms with van der Waals surface area (Å²) in [5, 5.41) is 26.4. The molecule has 34 heavy (non-hydrogen) atoms. The summed E-state index contributed by atoms with van der Waals surface area (Å²) in [7, 11) is 1.68. The van der Waals surface area contributed by atoms with Gasteiger partial charge in [-0.3, -0.25) is 14.3 Å². The maximum Gasteiger partial charge on any atom is 0.270 e. The molecule has 0 saturated heterocycles. The van der Waals surface area contributed by atoms with Gasteiger partial charge in [-0.1, -0.05) is 32.9 Å². The fraction of sp³-hybridized carbons (Fsp3) is 0.391. The van der Waals surface area contributed by atoms with Crippen molar-refractivity contribution in [1.82, 2.24) is 30.6 Å². The van der Waals surface area contributed by atoms with Crippen LogP contribution in [-0.2, 0) is 30.2 Å². The van der Waals surface area contributed by atoms with Crippen LogP contribution in [-0.4, -0.2) is 44.4 Å². The Balaban J connectivity index is 1.84. The molecule has 2 aromatic heterocycles. The van der Waals surface area contributed by atoms with Crippen molar-refractivity contribution in [1.29, 1.82) is 5.26 Å². The highest BCUT2D eigenvalue weighted by Gasteiger charge is 2.26. The third-order valence-corrected chi connectivity index (χ3v) is 5.10. The Morgan fingerprint density at radius 3 is 2.65 bits per heavy atom. The van der Waals surface area contributed by atoms with Crippen LogP contribution in [0.2, 0.25) is 0 Å². The fourth-order valence-electron chi connectivity index (χ4n) is 3.26. The molecule has 1 atom stereocenters. The van der Waals surface area contributed by atoms with Gasteiger partial charge in [0.05, 0.1) is 18.3 Å². The van der Waals surface area contributed by atoms with E-state index in [1.807, 2.05) is 32.9 Å². The fourth-order valence-corrected chi connectivity index (χ4v) is 3.26. The topological polar surface area (TPSA) is 165 Å². The van der Waals surface area contributed by atoms with Gasteiger partial charge in [0.2, 0.25) is 17.7 Å². The summed E-state index contributed by atoms with van der Waals surface area (Å²) in [6.07, 6.45) is 0.179. The van der Waals surface area contributed by atoms with E-state index >= 15 is 0 Å². The Morgan fingerprint density at radius 1 is 1.26 bits per heavy atom. The minimum atomic E-state index is -0.925. The molecule has 0 aliphatic heterocycles. The van der Waals surface area contributed by atoms with Gasteiger partial charge in [-0.2, -0.15) is 10.4 Å². The number of benzene rings is 1. The zero-order valence-electron chi connectivity index (χ0n) is 19.6. The van der Waals surface area contributed by atoms with Gasteiger partial charge < -0.3 is 20.8 Å². The predicted octanol–water partition coefficient (Wildman–Crippen LogP) is 1.21. The van der Waals surface area contributed by atoms with E-state index in [-0.39, 0.29) is 24.9 Å². The molecular formula is C23H28N8O3. The molecule has 1 aromatic carbocycles. The molecule has 0 bridgehead atoms. The third kappa shape index (κ3) is 5.85. The van der Waals surface area contributed by atoms with E-state index in [2.05, 4.69) is 25.9 Å². The number of aromatic nitrogens is 4. The molecule has 0 unspecified atom stereocenters. The average Bonchev–Trinajstić information content (AvgIpc) is 3.44. The lowest BCUT2D eigenvalue weighted by atomic mass is 9.92. The monoisotopic (exact) mass is 464 g/mol. The second kappa shape index (κ2) is 10.3. The number of nitrogens with two attached hydrogens (primary N) is 1. The molecule has 178 valence electrons. The third-order valence-electron chi connectivity index (χ3n) is 5.10. The Hall–Kier alpha value is -4.04. The van der Waals surface area contributed by atoms with Crippen molar-refractivity contribution in [3.8, 4) is 17.5 Å². The number of nitrogens with one attached hydrogen (secondary N) is 2. The van der Waals surface area contributed by atoms with E-state index in [4.69, 9.17) is 15.4 Å². The number of nitrogens with zero attached hydrogens (tertiary/aromatic N) is 5. The largest absolute Gasteiger partial charge is 0.419 e. The van der Waals surface area contributed by atoms with Crippen LogP contribution >= 0.6 is 0 Å². The lowest BCUT2D eigenvalue weighted by molar-refractivity contribution is -0.122. The summed E-state index contributed by atoms with van der Waals surface area (Å²) in [6.45, 7) is 5.96. The zero-order valence-corrected chi connectivity index (χ0v) is 19.6. The lowest BCUT2D eigenvalue weighted by Crippen LogP contribution is -2.48. The Morgan fingerprint density at radius 2 is 2.03 bits per heavy atom. The number of carbonyl (C=O) groups is 2. The van der Waals surface area contributed by atoms with Crippen molar-refractivity contribution in [2.45, 2.75) is 45.2 Å². The van der Waals surface area contributed by atoms with Gasteiger partial charge in [0, 0.05) is 24.4 Å². The van der Waals surface area contributed by atoms with Crippen molar-refractivity contribution in [3.05, 3.63) is 53.2 Å². The van der Waals surface area contributed by atoms with Crippen LogP contribution < -0.4 is 16.4 Å². The van der Waals surface area contributed by atoms with E-state index in [1.165, 1.54) is 4.68 Å². The summed E-state index contributed by atoms with van der Waals surface area (Å²) in [4.78, 5) is 25.8. The number of aryl methyl sites for hydroxylation is 1. The summed E-state index contributed by atoms with van der Waals surface area (Å²) in [6, 6.07) is 9.87. The van der Waals surface area contributed by atoms with Gasteiger partial charge in [-0.25, -0.2) is 0 Å². The van der Waals surface area contributed by atoms with Gasteiger partial charge in [-0.15, -0.1) is 10.2 Å². The number of rotatable bonds is 8. The standard InChI is InChI=1S/C23H28N8O3/c1-23(2,3)18-12-17(31(4)30-18)21(33)27-16(20(32)26-9-8-24)11-14-6-5-7-15(10-14)22-29-28-19(13-25)34-22/h5-7,10,12,16H,9,11,13,25H2,1-4H3,(H,26,32)(H,27,33)/t16-/m0/s1. The summed E-state index contributed by atoms with van der Waals surface area (Å²) in [5.74, 6) is -0.293. The first-order chi connectivity index (χ1) is 16.1. The smallest absolute Gasteiger partial charge is 0.270 e. The van der Waals surface area contributed by atoms with Crippen LogP contribution in [0.4, 0.5) is 0 Å². The van der Waals surface area contributed by atoms with Crippen molar-refractivity contribution in [2.75, 3.05) is 6.54 Å². The van der Waals surface area contributed by atoms with Crippen LogP contribution in [0.5, 0.6) is 0 Å². The molecule has 0 fully saturated rings. The van der Waals surface area contributed by atoms with Gasteiger partial charge in [0.15, 0.2) is 0 Å². The van der Waals surface area contributed by atoms with Crippen molar-refractivity contribution >= 4 is 11.8 Å². The predicted molar refractivity (Wildman–Crippen MR) is 123 cm³/mol. The number of nitriles is 1. The molecule has 4 N–H and O–H groups in total. The highest BCUT2D eigenvalue weighted by atomic mass is 16.4. The molecule has 0 aliphatic rings. The van der Waals surface area contributed by atoms with E-state index in [9.17, 15) is 9.59 Å². The first kappa shape index (κ1) is 24.6. The van der Waals surface area contributed by atoms with Crippen LogP contribution in [0, 0.1) is 11.3 Å². The van der Waals surface area contributed by atoms with Gasteiger partial charge >= 0.3 is 0 Å². The van der Waals surface area contributed by atoms with Crippen LogP contribution in [0.3, 0.4) is 0 Å². The SMILES string of the molecule is Cn1nc(C(C)(C)C)cc1C(=O)N[C@@H](Cc1cccc(-c2nnc(CN)o2)c1)C(=O)NCC#N. The minimum Gasteiger partial charge on any atom is -0.419 e. The molecule has 2 amide bonds. The highest BCUT2D eigenvalue weighted by Crippen LogP contribution is 2.22. The molecule has 0 spiro atoms. The van der Waals surface area contributed by atoms with Gasteiger partial charge in [0.1, 0.15) is 18.3 Å². The Kier molecular flexibility index (Phi) is 7.43. The zero-order chi connectivity index (χ0) is 24.9. The molecular weight excluding hydrogens is 436 g/mol. The summed E-state index contributed by atoms with van der Waals surface area (Å²) in [5.41, 5.74) is 7.80. The molecule has 0 radical (unpaired) electrons. The normalized spacial score (nSPS) is 12.1. The summed E-state index contributed by atoms with van der Waals surface area (Å²) < 4.78 is 6.99. The molecule has 11 heteroatoms. The van der Waals surface area contributed by atoms with E-state index in [0.717, 1.165) is 11.3 Å². The first-order valence-corrected chi connectivity index (χ1v) is 10.7. The number of amides is 2. The second-order valence-corrected chi connectivity index (χ2v) is 8.80. The van der Waals surface area contributed by atoms with Crippen LogP contribution in [0.25, 0.3) is 11.5 Å². The van der Waals surface area contributed by atoms with Crippen LogP contribution in [0.15, 0.2) is 34.7 Å². The minimum absolute atomic E-state index is 0.130. The first-order valence-electron chi connectivity index (χ1n) is 10.7. The van der Waals surface area contributed by atoms with E-state index in [1.54, 1.807) is 31.3 Å². The van der Waals surface area contributed by atoms with Crippen molar-refractivity contribution < 1.29 is 14.0 Å². The Bertz CT molecular complexity index is 1220. The number of carbonyl (C=O) groups excluding carboxylic acids is 2. The quantitative estimate of drug-likeness (QED) is 0.418. The van der Waals surface area contributed by atoms with Crippen molar-refractivity contribution in [3.63, 3.8) is 0 Å². The number of hydrogen-bond acceptors (Lipinski definition) is 8. The lowest BCUT2D eigenvalue weighted by Gasteiger charge is -2.18. The highest BCUT2D eigenvalue weighted by molar-refractivity contribution is 5.96.